The maximum atomic E-state index is 5.36. The third-order valence-corrected chi connectivity index (χ3v) is 6.57. The van der Waals surface area contributed by atoms with Gasteiger partial charge in [-0.1, -0.05) is 18.6 Å². The SMILES string of the molecule is CN=C(NCC(c1ccc(OC)cc1)N1CCCCC1)NC(C)Cc1c(C)nn(C)c1C.I. The van der Waals surface area contributed by atoms with E-state index in [-0.39, 0.29) is 30.0 Å². The molecule has 7 nitrogen and oxygen atoms in total. The van der Waals surface area contributed by atoms with Gasteiger partial charge in [0.2, 0.25) is 0 Å². The number of likely N-dealkylation sites (tertiary alicyclic amines) is 1. The summed E-state index contributed by atoms with van der Waals surface area (Å²) in [5.41, 5.74) is 4.95. The van der Waals surface area contributed by atoms with Crippen molar-refractivity contribution >= 4 is 29.9 Å². The molecule has 0 spiro atoms. The summed E-state index contributed by atoms with van der Waals surface area (Å²) in [4.78, 5) is 7.09. The van der Waals surface area contributed by atoms with Crippen LogP contribution in [0.2, 0.25) is 0 Å². The van der Waals surface area contributed by atoms with E-state index < -0.39 is 0 Å². The zero-order valence-electron chi connectivity index (χ0n) is 21.0. The van der Waals surface area contributed by atoms with E-state index in [1.165, 1.54) is 36.1 Å². The largest absolute Gasteiger partial charge is 0.497 e. The minimum atomic E-state index is 0. The molecule has 2 atom stereocenters. The van der Waals surface area contributed by atoms with Crippen LogP contribution in [0, 0.1) is 13.8 Å². The van der Waals surface area contributed by atoms with Crippen molar-refractivity contribution in [1.29, 1.82) is 0 Å². The highest BCUT2D eigenvalue weighted by Crippen LogP contribution is 2.26. The van der Waals surface area contributed by atoms with Gasteiger partial charge in [0.05, 0.1) is 18.8 Å². The molecule has 0 aliphatic carbocycles. The molecule has 2 N–H and O–H groups in total. The highest BCUT2D eigenvalue weighted by atomic mass is 127. The van der Waals surface area contributed by atoms with Crippen LogP contribution in [-0.2, 0) is 13.5 Å². The topological polar surface area (TPSA) is 66.7 Å². The zero-order valence-corrected chi connectivity index (χ0v) is 23.3. The Hall–Kier alpha value is -1.81. The number of nitrogens with one attached hydrogen (secondary N) is 2. The van der Waals surface area contributed by atoms with E-state index in [1.807, 2.05) is 18.8 Å². The van der Waals surface area contributed by atoms with Gasteiger partial charge in [-0.05, 0) is 76.4 Å². The Balaban J connectivity index is 0.00000385. The lowest BCUT2D eigenvalue weighted by atomic mass is 10.0. The van der Waals surface area contributed by atoms with Gasteiger partial charge in [-0.2, -0.15) is 5.10 Å². The lowest BCUT2D eigenvalue weighted by Gasteiger charge is -2.35. The minimum Gasteiger partial charge on any atom is -0.497 e. The Kier molecular flexibility index (Phi) is 11.0. The molecule has 3 rings (SSSR count). The number of hydrogen-bond donors (Lipinski definition) is 2. The Bertz CT molecular complexity index is 889. The number of benzene rings is 1. The molecule has 33 heavy (non-hydrogen) atoms. The Morgan fingerprint density at radius 3 is 2.36 bits per heavy atom. The molecule has 2 unspecified atom stereocenters. The molecular formula is C25H41IN6O. The van der Waals surface area contributed by atoms with Crippen molar-refractivity contribution in [2.24, 2.45) is 12.0 Å². The number of halogens is 1. The maximum Gasteiger partial charge on any atom is 0.191 e. The van der Waals surface area contributed by atoms with Gasteiger partial charge in [-0.15, -0.1) is 24.0 Å². The molecule has 1 aromatic heterocycles. The second-order valence-corrected chi connectivity index (χ2v) is 8.86. The average Bonchev–Trinajstić information content (AvgIpc) is 3.05. The Labute approximate surface area is 216 Å². The van der Waals surface area contributed by atoms with E-state index in [2.05, 4.69) is 70.7 Å². The number of methoxy groups -OCH3 is 1. The van der Waals surface area contributed by atoms with Gasteiger partial charge in [0.15, 0.2) is 5.96 Å². The standard InChI is InChI=1S/C25H40N6O.HI/c1-18(16-23-19(2)29-30(5)20(23)3)28-25(26-4)27-17-24(31-14-8-7-9-15-31)21-10-12-22(32-6)13-11-21;/h10-13,18,24H,7-9,14-17H2,1-6H3,(H2,26,27,28);1H. The van der Waals surface area contributed by atoms with E-state index in [0.29, 0.717) is 6.04 Å². The summed E-state index contributed by atoms with van der Waals surface area (Å²) in [6, 6.07) is 9.04. The second kappa shape index (κ2) is 13.2. The monoisotopic (exact) mass is 568 g/mol. The van der Waals surface area contributed by atoms with Crippen LogP contribution >= 0.6 is 24.0 Å². The number of hydrogen-bond acceptors (Lipinski definition) is 4. The third kappa shape index (κ3) is 7.34. The highest BCUT2D eigenvalue weighted by Gasteiger charge is 2.23. The van der Waals surface area contributed by atoms with Gasteiger partial charge in [0.1, 0.15) is 5.75 Å². The number of nitrogens with zero attached hydrogens (tertiary/aromatic N) is 4. The van der Waals surface area contributed by atoms with Crippen molar-refractivity contribution in [3.8, 4) is 5.75 Å². The van der Waals surface area contributed by atoms with Crippen LogP contribution in [-0.4, -0.2) is 60.5 Å². The summed E-state index contributed by atoms with van der Waals surface area (Å²) >= 11 is 0. The number of rotatable bonds is 8. The van der Waals surface area contributed by atoms with Crippen LogP contribution in [0.3, 0.4) is 0 Å². The summed E-state index contributed by atoms with van der Waals surface area (Å²) in [6.07, 6.45) is 4.77. The van der Waals surface area contributed by atoms with Crippen molar-refractivity contribution in [1.82, 2.24) is 25.3 Å². The van der Waals surface area contributed by atoms with Crippen molar-refractivity contribution in [3.63, 3.8) is 0 Å². The first-order valence-electron chi connectivity index (χ1n) is 11.8. The van der Waals surface area contributed by atoms with Gasteiger partial charge in [0, 0.05) is 32.4 Å². The van der Waals surface area contributed by atoms with E-state index >= 15 is 0 Å². The summed E-state index contributed by atoms with van der Waals surface area (Å²) in [5.74, 6) is 1.73. The Morgan fingerprint density at radius 2 is 1.82 bits per heavy atom. The average molecular weight is 569 g/mol. The summed E-state index contributed by atoms with van der Waals surface area (Å²) < 4.78 is 7.32. The van der Waals surface area contributed by atoms with Crippen LogP contribution in [0.4, 0.5) is 0 Å². The molecule has 0 saturated carbocycles. The molecule has 1 aliphatic heterocycles. The molecule has 184 valence electrons. The fraction of sp³-hybridized carbons (Fsp3) is 0.600. The van der Waals surface area contributed by atoms with Crippen LogP contribution in [0.15, 0.2) is 29.3 Å². The summed E-state index contributed by atoms with van der Waals surface area (Å²) in [5, 5.41) is 11.7. The number of ether oxygens (including phenoxy) is 1. The number of aryl methyl sites for hydroxylation is 2. The van der Waals surface area contributed by atoms with Crippen molar-refractivity contribution < 1.29 is 4.74 Å². The number of piperidine rings is 1. The number of guanidine groups is 1. The van der Waals surface area contributed by atoms with Gasteiger partial charge in [-0.25, -0.2) is 0 Å². The van der Waals surface area contributed by atoms with E-state index in [0.717, 1.165) is 43.5 Å². The molecule has 2 heterocycles. The highest BCUT2D eigenvalue weighted by molar-refractivity contribution is 14.0. The molecule has 1 saturated heterocycles. The molecular weight excluding hydrogens is 527 g/mol. The molecule has 1 fully saturated rings. The van der Waals surface area contributed by atoms with Gasteiger partial charge >= 0.3 is 0 Å². The lowest BCUT2D eigenvalue weighted by molar-refractivity contribution is 0.164. The maximum absolute atomic E-state index is 5.36. The molecule has 0 radical (unpaired) electrons. The van der Waals surface area contributed by atoms with Gasteiger partial charge in [0.25, 0.3) is 0 Å². The molecule has 0 amide bonds. The first-order valence-corrected chi connectivity index (χ1v) is 11.8. The molecule has 0 bridgehead atoms. The van der Waals surface area contributed by atoms with Crippen LogP contribution in [0.25, 0.3) is 0 Å². The van der Waals surface area contributed by atoms with Crippen LogP contribution < -0.4 is 15.4 Å². The van der Waals surface area contributed by atoms with Crippen LogP contribution in [0.1, 0.15) is 54.7 Å². The number of aromatic nitrogens is 2. The predicted molar refractivity (Wildman–Crippen MR) is 147 cm³/mol. The fourth-order valence-corrected chi connectivity index (χ4v) is 4.61. The summed E-state index contributed by atoms with van der Waals surface area (Å²) in [7, 11) is 5.56. The van der Waals surface area contributed by atoms with Crippen molar-refractivity contribution in [2.45, 2.75) is 58.5 Å². The third-order valence-electron chi connectivity index (χ3n) is 6.57. The first kappa shape index (κ1) is 27.4. The van der Waals surface area contributed by atoms with Crippen LogP contribution in [0.5, 0.6) is 5.75 Å². The van der Waals surface area contributed by atoms with E-state index in [9.17, 15) is 0 Å². The van der Waals surface area contributed by atoms with Crippen molar-refractivity contribution in [3.05, 3.63) is 46.8 Å². The molecule has 8 heteroatoms. The quantitative estimate of drug-likeness (QED) is 0.287. The van der Waals surface area contributed by atoms with E-state index in [1.54, 1.807) is 7.11 Å². The molecule has 1 aromatic carbocycles. The normalized spacial score (nSPS) is 16.6. The smallest absolute Gasteiger partial charge is 0.191 e. The second-order valence-electron chi connectivity index (χ2n) is 8.86. The van der Waals surface area contributed by atoms with Gasteiger partial charge < -0.3 is 15.4 Å². The van der Waals surface area contributed by atoms with Crippen molar-refractivity contribution in [2.75, 3.05) is 33.8 Å². The predicted octanol–water partition coefficient (Wildman–Crippen LogP) is 3.99. The van der Waals surface area contributed by atoms with Gasteiger partial charge in [-0.3, -0.25) is 14.6 Å². The van der Waals surface area contributed by atoms with E-state index in [4.69, 9.17) is 4.74 Å². The lowest BCUT2D eigenvalue weighted by Crippen LogP contribution is -2.47. The number of aliphatic imine (C=N–C) groups is 1. The first-order chi connectivity index (χ1) is 15.4. The molecule has 1 aliphatic rings. The Morgan fingerprint density at radius 1 is 1.15 bits per heavy atom. The summed E-state index contributed by atoms with van der Waals surface area (Å²) in [6.45, 7) is 9.50. The minimum absolute atomic E-state index is 0. The fourth-order valence-electron chi connectivity index (χ4n) is 4.61. The zero-order chi connectivity index (χ0) is 23.1. The molecule has 2 aromatic rings.